The van der Waals surface area contributed by atoms with Crippen LogP contribution in [0.4, 0.5) is 39.5 Å². The van der Waals surface area contributed by atoms with Crippen molar-refractivity contribution in [2.45, 2.75) is 62.3 Å². The summed E-state index contributed by atoms with van der Waals surface area (Å²) in [6.45, 7) is 2.01. The number of carbonyl (C=O) groups is 2. The number of hydrogen-bond donors (Lipinski definition) is 0. The van der Waals surface area contributed by atoms with Crippen molar-refractivity contribution in [3.63, 3.8) is 0 Å². The highest BCUT2D eigenvalue weighted by Gasteiger charge is 2.86. The van der Waals surface area contributed by atoms with Crippen LogP contribution in [0.5, 0.6) is 0 Å². The molecule has 2 aromatic rings. The first-order valence-corrected chi connectivity index (χ1v) is 12.8. The molecule has 2 aromatic carbocycles. The van der Waals surface area contributed by atoms with Gasteiger partial charge in [0.1, 0.15) is 0 Å². The van der Waals surface area contributed by atoms with E-state index >= 15 is 0 Å². The fourth-order valence-corrected chi connectivity index (χ4v) is 4.56. The molecule has 6 nitrogen and oxygen atoms in total. The number of benzene rings is 2. The molecule has 0 N–H and O–H groups in total. The highest BCUT2D eigenvalue weighted by atomic mass is 32.2. The summed E-state index contributed by atoms with van der Waals surface area (Å²) >= 11 is 0. The zero-order valence-electron chi connectivity index (χ0n) is 20.2. The predicted molar refractivity (Wildman–Crippen MR) is 121 cm³/mol. The van der Waals surface area contributed by atoms with E-state index in [4.69, 9.17) is 0 Å². The van der Waals surface area contributed by atoms with E-state index in [1.165, 1.54) is 18.2 Å². The summed E-state index contributed by atoms with van der Waals surface area (Å²) in [4.78, 5) is 25.7. The van der Waals surface area contributed by atoms with Crippen LogP contribution in [0, 0.1) is 11.8 Å². The Bertz CT molecular complexity index is 1510. The summed E-state index contributed by atoms with van der Waals surface area (Å²) < 4.78 is 147. The number of amides is 2. The monoisotopic (exact) mass is 603 g/mol. The van der Waals surface area contributed by atoms with Crippen molar-refractivity contribution in [3.05, 3.63) is 47.0 Å². The van der Waals surface area contributed by atoms with Crippen LogP contribution < -0.4 is 0 Å². The second kappa shape index (κ2) is 10.6. The van der Waals surface area contributed by atoms with Gasteiger partial charge in [-0.25, -0.2) is 0 Å². The maximum absolute atomic E-state index is 14.1. The van der Waals surface area contributed by atoms with E-state index in [1.54, 1.807) is 0 Å². The van der Waals surface area contributed by atoms with Crippen molar-refractivity contribution in [3.8, 4) is 11.8 Å². The van der Waals surface area contributed by atoms with E-state index in [9.17, 15) is 57.5 Å². The van der Waals surface area contributed by atoms with Crippen LogP contribution in [0.3, 0.4) is 0 Å². The van der Waals surface area contributed by atoms with Crippen molar-refractivity contribution in [2.24, 2.45) is 0 Å². The molecule has 3 rings (SSSR count). The van der Waals surface area contributed by atoms with E-state index in [2.05, 4.69) is 16.1 Å². The molecule has 0 aromatic heterocycles. The lowest BCUT2D eigenvalue weighted by atomic mass is 9.93. The number of imide groups is 1. The fraction of sp³-hybridized carbons (Fsp3) is 0.417. The van der Waals surface area contributed by atoms with Gasteiger partial charge < -0.3 is 0 Å². The summed E-state index contributed by atoms with van der Waals surface area (Å²) in [5, 5.41) is -8.11. The van der Waals surface area contributed by atoms with Gasteiger partial charge in [-0.2, -0.15) is 47.9 Å². The van der Waals surface area contributed by atoms with Crippen LogP contribution in [-0.4, -0.2) is 48.6 Å². The Hall–Kier alpha value is -3.32. The SMILES string of the molecule is CCCCCCC#Cc1cc2c3c(cccc3c1)C(=O)N(OS(=O)(=O)C(F)(F)C(F)(F)C(F)(F)C(F)(F)F)C2=O. The Kier molecular flexibility index (Phi) is 8.26. The molecular formula is C24H18F9NO5S. The molecule has 218 valence electrons. The summed E-state index contributed by atoms with van der Waals surface area (Å²) in [7, 11) is -7.54. The number of alkyl halides is 9. The Balaban J connectivity index is 2.02. The molecule has 2 amide bonds. The minimum absolute atomic E-state index is 0.121. The van der Waals surface area contributed by atoms with Gasteiger partial charge in [-0.1, -0.05) is 50.2 Å². The molecule has 0 saturated carbocycles. The summed E-state index contributed by atoms with van der Waals surface area (Å²) in [5.41, 5.74) is -0.965. The van der Waals surface area contributed by atoms with Gasteiger partial charge in [0.05, 0.1) is 11.1 Å². The van der Waals surface area contributed by atoms with E-state index in [0.29, 0.717) is 6.42 Å². The molecule has 0 saturated heterocycles. The van der Waals surface area contributed by atoms with E-state index in [-0.39, 0.29) is 16.3 Å². The first-order valence-electron chi connectivity index (χ1n) is 11.4. The maximum Gasteiger partial charge on any atom is 0.460 e. The Morgan fingerprint density at radius 2 is 1.48 bits per heavy atom. The first kappa shape index (κ1) is 31.2. The molecule has 40 heavy (non-hydrogen) atoms. The largest absolute Gasteiger partial charge is 0.460 e. The molecule has 1 aliphatic rings. The molecule has 0 atom stereocenters. The minimum atomic E-state index is -7.61. The molecule has 1 heterocycles. The third-order valence-electron chi connectivity index (χ3n) is 5.80. The molecule has 0 fully saturated rings. The third-order valence-corrected chi connectivity index (χ3v) is 7.03. The quantitative estimate of drug-likeness (QED) is 0.143. The normalized spacial score (nSPS) is 14.9. The van der Waals surface area contributed by atoms with Gasteiger partial charge in [0.2, 0.25) is 0 Å². The highest BCUT2D eigenvalue weighted by Crippen LogP contribution is 2.55. The molecule has 16 heteroatoms. The van der Waals surface area contributed by atoms with Crippen LogP contribution in [0.15, 0.2) is 30.3 Å². The van der Waals surface area contributed by atoms with Crippen molar-refractivity contribution >= 4 is 32.7 Å². The van der Waals surface area contributed by atoms with Crippen LogP contribution in [0.25, 0.3) is 10.8 Å². The fourth-order valence-electron chi connectivity index (χ4n) is 3.69. The summed E-state index contributed by atoms with van der Waals surface area (Å²) in [6.07, 6.45) is -3.24. The predicted octanol–water partition coefficient (Wildman–Crippen LogP) is 6.44. The summed E-state index contributed by atoms with van der Waals surface area (Å²) in [5.74, 6) is -13.2. The maximum atomic E-state index is 14.1. The van der Waals surface area contributed by atoms with Gasteiger partial charge in [-0.3, -0.25) is 9.59 Å². The molecule has 0 bridgehead atoms. The lowest BCUT2D eigenvalue weighted by Gasteiger charge is -2.33. The third kappa shape index (κ3) is 5.12. The number of carbonyl (C=O) groups excluding carboxylic acids is 2. The minimum Gasteiger partial charge on any atom is -0.266 e. The van der Waals surface area contributed by atoms with E-state index in [1.807, 2.05) is 6.92 Å². The summed E-state index contributed by atoms with van der Waals surface area (Å²) in [6, 6.07) is 6.08. The second-order valence-corrected chi connectivity index (χ2v) is 10.2. The highest BCUT2D eigenvalue weighted by molar-refractivity contribution is 7.87. The van der Waals surface area contributed by atoms with Gasteiger partial charge in [-0.15, -0.1) is 9.35 Å². The molecule has 1 aliphatic heterocycles. The lowest BCUT2D eigenvalue weighted by Crippen LogP contribution is -2.64. The zero-order valence-corrected chi connectivity index (χ0v) is 21.0. The van der Waals surface area contributed by atoms with Crippen molar-refractivity contribution < 1.29 is 61.8 Å². The molecular weight excluding hydrogens is 585 g/mol. The van der Waals surface area contributed by atoms with Gasteiger partial charge in [-0.05, 0) is 30.0 Å². The van der Waals surface area contributed by atoms with Crippen molar-refractivity contribution in [1.82, 2.24) is 5.06 Å². The number of unbranched alkanes of at least 4 members (excludes halogenated alkanes) is 4. The Morgan fingerprint density at radius 1 is 0.850 bits per heavy atom. The molecule has 0 spiro atoms. The standard InChI is InChI=1S/C24H18F9NO5S/c1-2-3-4-5-6-7-9-14-12-15-10-8-11-16-18(15)17(13-14)20(36)34(19(16)35)39-40(37,38)24(32,33)22(27,28)21(25,26)23(29,30)31/h8,10-13H,2-6H2,1H3. The smallest absolute Gasteiger partial charge is 0.266 e. The average Bonchev–Trinajstić information content (AvgIpc) is 2.85. The van der Waals surface area contributed by atoms with Crippen LogP contribution in [0.1, 0.15) is 65.3 Å². The topological polar surface area (TPSA) is 80.8 Å². The van der Waals surface area contributed by atoms with Gasteiger partial charge >= 0.3 is 33.4 Å². The molecule has 0 radical (unpaired) electrons. The number of hydroxylamine groups is 2. The average molecular weight is 603 g/mol. The first-order chi connectivity index (χ1) is 18.3. The number of halogens is 9. The van der Waals surface area contributed by atoms with Crippen LogP contribution >= 0.6 is 0 Å². The van der Waals surface area contributed by atoms with Gasteiger partial charge in [0, 0.05) is 17.4 Å². The number of rotatable bonds is 9. The molecule has 0 unspecified atom stereocenters. The van der Waals surface area contributed by atoms with Gasteiger partial charge in [0.25, 0.3) is 11.8 Å². The molecule has 0 aliphatic carbocycles. The number of nitrogens with zero attached hydrogens (tertiary/aromatic N) is 1. The van der Waals surface area contributed by atoms with Crippen molar-refractivity contribution in [2.75, 3.05) is 0 Å². The number of hydrogen-bond acceptors (Lipinski definition) is 5. The Morgan fingerprint density at radius 3 is 2.08 bits per heavy atom. The van der Waals surface area contributed by atoms with Crippen LogP contribution in [0.2, 0.25) is 0 Å². The zero-order chi connectivity index (χ0) is 30.3. The van der Waals surface area contributed by atoms with E-state index in [0.717, 1.165) is 37.8 Å². The van der Waals surface area contributed by atoms with Gasteiger partial charge in [0.15, 0.2) is 0 Å². The Labute approximate surface area is 221 Å². The van der Waals surface area contributed by atoms with Crippen molar-refractivity contribution in [1.29, 1.82) is 0 Å². The van der Waals surface area contributed by atoms with E-state index < -0.39 is 61.4 Å². The van der Waals surface area contributed by atoms with Crippen LogP contribution in [-0.2, 0) is 14.4 Å². The second-order valence-electron chi connectivity index (χ2n) is 8.64. The lowest BCUT2D eigenvalue weighted by molar-refractivity contribution is -0.383.